The van der Waals surface area contributed by atoms with E-state index in [9.17, 15) is 5.11 Å². The number of rotatable bonds is 6. The molecule has 0 aromatic heterocycles. The summed E-state index contributed by atoms with van der Waals surface area (Å²) in [5, 5.41) is 10.1. The first-order chi connectivity index (χ1) is 12.7. The zero-order valence-corrected chi connectivity index (χ0v) is 15.9. The number of ether oxygens (including phenoxy) is 2. The molecule has 3 aliphatic rings. The molecule has 1 aromatic carbocycles. The number of aromatic hydroxyl groups is 1. The zero-order valence-electron chi connectivity index (χ0n) is 15.9. The summed E-state index contributed by atoms with van der Waals surface area (Å²) in [5.41, 5.74) is 1.11. The molecule has 5 heteroatoms. The minimum Gasteiger partial charge on any atom is -0.502 e. The van der Waals surface area contributed by atoms with Crippen molar-refractivity contribution in [2.24, 2.45) is 17.8 Å². The van der Waals surface area contributed by atoms with Crippen LogP contribution in [0.2, 0.25) is 0 Å². The molecular weight excluding hydrogens is 328 g/mol. The van der Waals surface area contributed by atoms with Crippen molar-refractivity contribution >= 4 is 0 Å². The van der Waals surface area contributed by atoms with Crippen LogP contribution in [-0.4, -0.2) is 61.8 Å². The molecule has 26 heavy (non-hydrogen) atoms. The fourth-order valence-electron chi connectivity index (χ4n) is 4.86. The fourth-order valence-corrected chi connectivity index (χ4v) is 4.86. The molecule has 1 saturated carbocycles. The van der Waals surface area contributed by atoms with Gasteiger partial charge < -0.3 is 19.5 Å². The van der Waals surface area contributed by atoms with Gasteiger partial charge in [-0.05, 0) is 48.3 Å². The number of hydrogen-bond donors (Lipinski definition) is 1. The number of nitrogens with zero attached hydrogens (tertiary/aromatic N) is 2. The van der Waals surface area contributed by atoms with Crippen LogP contribution in [0, 0.1) is 17.8 Å². The van der Waals surface area contributed by atoms with E-state index in [-0.39, 0.29) is 5.75 Å². The van der Waals surface area contributed by atoms with Gasteiger partial charge in [0.2, 0.25) is 5.75 Å². The predicted molar refractivity (Wildman–Crippen MR) is 102 cm³/mol. The van der Waals surface area contributed by atoms with Crippen LogP contribution in [0.4, 0.5) is 0 Å². The Bertz CT molecular complexity index is 642. The Morgan fingerprint density at radius 2 is 1.62 bits per heavy atom. The van der Waals surface area contributed by atoms with Gasteiger partial charge in [-0.1, -0.05) is 12.2 Å². The second kappa shape index (κ2) is 7.49. The van der Waals surface area contributed by atoms with Crippen LogP contribution in [-0.2, 0) is 6.54 Å². The summed E-state index contributed by atoms with van der Waals surface area (Å²) < 4.78 is 10.5. The largest absolute Gasteiger partial charge is 0.502 e. The van der Waals surface area contributed by atoms with Gasteiger partial charge >= 0.3 is 0 Å². The van der Waals surface area contributed by atoms with Crippen molar-refractivity contribution in [3.63, 3.8) is 0 Å². The Morgan fingerprint density at radius 1 is 0.962 bits per heavy atom. The predicted octanol–water partition coefficient (Wildman–Crippen LogP) is 2.74. The molecule has 142 valence electrons. The third-order valence-corrected chi connectivity index (χ3v) is 6.32. The highest BCUT2D eigenvalue weighted by Crippen LogP contribution is 2.43. The van der Waals surface area contributed by atoms with E-state index in [0.717, 1.165) is 56.0 Å². The summed E-state index contributed by atoms with van der Waals surface area (Å²) in [6.45, 7) is 6.58. The third-order valence-electron chi connectivity index (χ3n) is 6.32. The summed E-state index contributed by atoms with van der Waals surface area (Å²) in [6, 6.07) is 3.82. The molecule has 1 aliphatic heterocycles. The van der Waals surface area contributed by atoms with Crippen LogP contribution < -0.4 is 9.47 Å². The van der Waals surface area contributed by atoms with Gasteiger partial charge in [-0.25, -0.2) is 0 Å². The van der Waals surface area contributed by atoms with Crippen molar-refractivity contribution in [1.82, 2.24) is 9.80 Å². The van der Waals surface area contributed by atoms with E-state index in [4.69, 9.17) is 9.47 Å². The van der Waals surface area contributed by atoms with Gasteiger partial charge in [0.1, 0.15) is 0 Å². The lowest BCUT2D eigenvalue weighted by Crippen LogP contribution is -2.47. The van der Waals surface area contributed by atoms with Crippen LogP contribution in [0.25, 0.3) is 0 Å². The highest BCUT2D eigenvalue weighted by molar-refractivity contribution is 5.52. The Balaban J connectivity index is 1.30. The van der Waals surface area contributed by atoms with E-state index in [0.29, 0.717) is 11.5 Å². The second-order valence-corrected chi connectivity index (χ2v) is 7.97. The summed E-state index contributed by atoms with van der Waals surface area (Å²) in [6.07, 6.45) is 7.68. The molecule has 5 nitrogen and oxygen atoms in total. The highest BCUT2D eigenvalue weighted by atomic mass is 16.5. The van der Waals surface area contributed by atoms with Gasteiger partial charge in [0.15, 0.2) is 11.5 Å². The first-order valence-electron chi connectivity index (χ1n) is 9.73. The monoisotopic (exact) mass is 358 g/mol. The van der Waals surface area contributed by atoms with Crippen molar-refractivity contribution in [3.8, 4) is 17.2 Å². The van der Waals surface area contributed by atoms with Crippen LogP contribution in [0.3, 0.4) is 0 Å². The van der Waals surface area contributed by atoms with E-state index >= 15 is 0 Å². The lowest BCUT2D eigenvalue weighted by Gasteiger charge is -2.37. The van der Waals surface area contributed by atoms with Gasteiger partial charge in [0.05, 0.1) is 14.2 Å². The molecule has 0 radical (unpaired) electrons. The molecule has 0 amide bonds. The summed E-state index contributed by atoms with van der Waals surface area (Å²) in [4.78, 5) is 5.12. The topological polar surface area (TPSA) is 45.2 Å². The average Bonchev–Trinajstić information content (AvgIpc) is 3.27. The second-order valence-electron chi connectivity index (χ2n) is 7.97. The maximum absolute atomic E-state index is 10.1. The van der Waals surface area contributed by atoms with Crippen molar-refractivity contribution in [2.75, 3.05) is 46.9 Å². The number of methoxy groups -OCH3 is 2. The first-order valence-corrected chi connectivity index (χ1v) is 9.73. The third kappa shape index (κ3) is 3.55. The van der Waals surface area contributed by atoms with Crippen LogP contribution in [0.1, 0.15) is 18.4 Å². The molecule has 1 saturated heterocycles. The lowest BCUT2D eigenvalue weighted by molar-refractivity contribution is 0.108. The van der Waals surface area contributed by atoms with Crippen LogP contribution in [0.5, 0.6) is 17.2 Å². The molecule has 0 spiro atoms. The summed E-state index contributed by atoms with van der Waals surface area (Å²) >= 11 is 0. The highest BCUT2D eigenvalue weighted by Gasteiger charge is 2.36. The molecule has 2 bridgehead atoms. The number of phenolic OH excluding ortho intramolecular Hbond substituents is 1. The maximum Gasteiger partial charge on any atom is 0.200 e. The smallest absolute Gasteiger partial charge is 0.200 e. The number of phenols is 1. The zero-order chi connectivity index (χ0) is 18.1. The van der Waals surface area contributed by atoms with E-state index in [2.05, 4.69) is 22.0 Å². The van der Waals surface area contributed by atoms with Crippen molar-refractivity contribution in [2.45, 2.75) is 19.4 Å². The number of allylic oxidation sites excluding steroid dienone is 2. The Kier molecular flexibility index (Phi) is 5.09. The summed E-state index contributed by atoms with van der Waals surface area (Å²) in [5.74, 6) is 3.61. The Hall–Kier alpha value is -1.72. The SMILES string of the molecule is COc1cc(CN2CCN(C[C@H]3C[C@H]4C=C[C@H]3C4)CC2)cc(OC)c1O. The fraction of sp³-hybridized carbons (Fsp3) is 0.619. The Morgan fingerprint density at radius 3 is 2.15 bits per heavy atom. The molecule has 1 N–H and O–H groups in total. The van der Waals surface area contributed by atoms with E-state index in [1.807, 2.05) is 12.1 Å². The lowest BCUT2D eigenvalue weighted by atomic mass is 9.93. The molecule has 3 atom stereocenters. The summed E-state index contributed by atoms with van der Waals surface area (Å²) in [7, 11) is 3.14. The Labute approximate surface area is 156 Å². The van der Waals surface area contributed by atoms with E-state index < -0.39 is 0 Å². The van der Waals surface area contributed by atoms with Crippen molar-refractivity contribution < 1.29 is 14.6 Å². The molecule has 1 aromatic rings. The number of piperazine rings is 1. The van der Waals surface area contributed by atoms with Gasteiger partial charge in [-0.2, -0.15) is 0 Å². The number of fused-ring (bicyclic) bond motifs is 2. The number of hydrogen-bond acceptors (Lipinski definition) is 5. The van der Waals surface area contributed by atoms with E-state index in [1.165, 1.54) is 19.4 Å². The molecular formula is C21H30N2O3. The first kappa shape index (κ1) is 17.7. The molecule has 2 fully saturated rings. The standard InChI is InChI=1S/C21H30N2O3/c1-25-19-11-16(12-20(26-2)21(19)24)13-22-5-7-23(8-6-22)14-18-10-15-3-4-17(18)9-15/h3-4,11-12,15,17-18,24H,5-10,13-14H2,1-2H3/t15-,17-,18+/m0/s1. The van der Waals surface area contributed by atoms with Gasteiger partial charge in [-0.3, -0.25) is 4.90 Å². The van der Waals surface area contributed by atoms with Gasteiger partial charge in [-0.15, -0.1) is 0 Å². The van der Waals surface area contributed by atoms with Gasteiger partial charge in [0.25, 0.3) is 0 Å². The van der Waals surface area contributed by atoms with Crippen molar-refractivity contribution in [3.05, 3.63) is 29.8 Å². The van der Waals surface area contributed by atoms with Gasteiger partial charge in [0, 0.05) is 39.3 Å². The molecule has 4 rings (SSSR count). The van der Waals surface area contributed by atoms with Crippen molar-refractivity contribution in [1.29, 1.82) is 0 Å². The normalized spacial score (nSPS) is 28.6. The molecule has 1 heterocycles. The maximum atomic E-state index is 10.1. The molecule has 2 aliphatic carbocycles. The number of benzene rings is 1. The quantitative estimate of drug-likeness (QED) is 0.792. The van der Waals surface area contributed by atoms with Crippen LogP contribution >= 0.6 is 0 Å². The van der Waals surface area contributed by atoms with Crippen LogP contribution in [0.15, 0.2) is 24.3 Å². The minimum absolute atomic E-state index is 0.0727. The minimum atomic E-state index is 0.0727. The molecule has 0 unspecified atom stereocenters. The average molecular weight is 358 g/mol. The van der Waals surface area contributed by atoms with E-state index in [1.54, 1.807) is 14.2 Å².